The van der Waals surface area contributed by atoms with Gasteiger partial charge in [-0.25, -0.2) is 0 Å². The highest BCUT2D eigenvalue weighted by Crippen LogP contribution is 2.12. The van der Waals surface area contributed by atoms with Crippen molar-refractivity contribution in [1.82, 2.24) is 10.6 Å². The number of carboxylic acid groups (broad SMARTS) is 1. The van der Waals surface area contributed by atoms with E-state index in [9.17, 15) is 14.4 Å². The second kappa shape index (κ2) is 10.2. The number of unbranched alkanes of at least 4 members (excludes halogenated alkanes) is 2. The van der Waals surface area contributed by atoms with Crippen molar-refractivity contribution in [2.45, 2.75) is 59.3 Å². The van der Waals surface area contributed by atoms with Crippen LogP contribution >= 0.6 is 0 Å². The van der Waals surface area contributed by atoms with E-state index in [0.717, 1.165) is 12.8 Å². The molecule has 0 spiro atoms. The maximum Gasteiger partial charge on any atom is 0.303 e. The molecule has 0 saturated carbocycles. The standard InChI is InChI=1S/C15H28N2O4/c1-15(2,3)14(21)17-11-7-8-12(18)16-10-6-4-5-9-13(19)20/h4-11H2,1-3H3,(H,16,18)(H,17,21)(H,19,20). The van der Waals surface area contributed by atoms with Crippen molar-refractivity contribution in [2.24, 2.45) is 5.41 Å². The van der Waals surface area contributed by atoms with E-state index in [1.165, 1.54) is 0 Å². The van der Waals surface area contributed by atoms with E-state index in [1.54, 1.807) is 0 Å². The molecule has 0 aromatic carbocycles. The second-order valence-electron chi connectivity index (χ2n) is 6.16. The predicted molar refractivity (Wildman–Crippen MR) is 80.8 cm³/mol. The van der Waals surface area contributed by atoms with Crippen LogP contribution in [0.2, 0.25) is 0 Å². The Morgan fingerprint density at radius 1 is 0.857 bits per heavy atom. The highest BCUT2D eigenvalue weighted by Gasteiger charge is 2.20. The van der Waals surface area contributed by atoms with Crippen LogP contribution in [0.25, 0.3) is 0 Å². The van der Waals surface area contributed by atoms with Crippen LogP contribution < -0.4 is 10.6 Å². The van der Waals surface area contributed by atoms with Gasteiger partial charge in [0.05, 0.1) is 0 Å². The fourth-order valence-electron chi connectivity index (χ4n) is 1.61. The molecule has 6 heteroatoms. The normalized spacial score (nSPS) is 11.0. The number of carbonyl (C=O) groups is 3. The highest BCUT2D eigenvalue weighted by molar-refractivity contribution is 5.81. The molecule has 0 aliphatic heterocycles. The topological polar surface area (TPSA) is 95.5 Å². The molecule has 0 aromatic heterocycles. The van der Waals surface area contributed by atoms with Crippen LogP contribution in [0.4, 0.5) is 0 Å². The third kappa shape index (κ3) is 11.9. The Balaban J connectivity index is 3.47. The van der Waals surface area contributed by atoms with Gasteiger partial charge in [0.1, 0.15) is 0 Å². The van der Waals surface area contributed by atoms with Gasteiger partial charge >= 0.3 is 5.97 Å². The minimum atomic E-state index is -0.781. The molecule has 0 unspecified atom stereocenters. The first-order valence-electron chi connectivity index (χ1n) is 7.50. The second-order valence-corrected chi connectivity index (χ2v) is 6.16. The van der Waals surface area contributed by atoms with Gasteiger partial charge in [-0.05, 0) is 19.3 Å². The van der Waals surface area contributed by atoms with Gasteiger partial charge < -0.3 is 15.7 Å². The molecule has 0 bridgehead atoms. The minimum Gasteiger partial charge on any atom is -0.481 e. The lowest BCUT2D eigenvalue weighted by molar-refractivity contribution is -0.137. The molecule has 6 nitrogen and oxygen atoms in total. The summed E-state index contributed by atoms with van der Waals surface area (Å²) in [6, 6.07) is 0. The quantitative estimate of drug-likeness (QED) is 0.535. The van der Waals surface area contributed by atoms with Gasteiger partial charge in [-0.15, -0.1) is 0 Å². The van der Waals surface area contributed by atoms with E-state index < -0.39 is 11.4 Å². The van der Waals surface area contributed by atoms with E-state index in [2.05, 4.69) is 10.6 Å². The Morgan fingerprint density at radius 2 is 1.48 bits per heavy atom. The van der Waals surface area contributed by atoms with Crippen LogP contribution in [-0.4, -0.2) is 36.0 Å². The van der Waals surface area contributed by atoms with E-state index >= 15 is 0 Å². The Kier molecular flexibility index (Phi) is 9.41. The van der Waals surface area contributed by atoms with Crippen LogP contribution in [0, 0.1) is 5.41 Å². The Hall–Kier alpha value is -1.59. The summed E-state index contributed by atoms with van der Waals surface area (Å²) < 4.78 is 0. The smallest absolute Gasteiger partial charge is 0.303 e. The van der Waals surface area contributed by atoms with Gasteiger partial charge in [-0.3, -0.25) is 14.4 Å². The molecule has 2 amide bonds. The van der Waals surface area contributed by atoms with Gasteiger partial charge in [-0.2, -0.15) is 0 Å². The summed E-state index contributed by atoms with van der Waals surface area (Å²) in [5.74, 6) is -0.823. The van der Waals surface area contributed by atoms with Gasteiger partial charge in [0, 0.05) is 31.3 Å². The van der Waals surface area contributed by atoms with E-state index in [-0.39, 0.29) is 18.2 Å². The first-order valence-corrected chi connectivity index (χ1v) is 7.50. The molecule has 122 valence electrons. The number of nitrogens with one attached hydrogen (secondary N) is 2. The van der Waals surface area contributed by atoms with Gasteiger partial charge in [0.2, 0.25) is 11.8 Å². The molecule has 0 aliphatic rings. The van der Waals surface area contributed by atoms with E-state index in [0.29, 0.717) is 32.4 Å². The van der Waals surface area contributed by atoms with Crippen LogP contribution in [0.15, 0.2) is 0 Å². The van der Waals surface area contributed by atoms with Crippen molar-refractivity contribution in [3.05, 3.63) is 0 Å². The van der Waals surface area contributed by atoms with Crippen molar-refractivity contribution < 1.29 is 19.5 Å². The number of hydrogen-bond donors (Lipinski definition) is 3. The Labute approximate surface area is 126 Å². The number of amides is 2. The minimum absolute atomic E-state index is 0.0126. The zero-order valence-corrected chi connectivity index (χ0v) is 13.3. The summed E-state index contributed by atoms with van der Waals surface area (Å²) >= 11 is 0. The molecule has 0 saturated heterocycles. The average molecular weight is 300 g/mol. The number of aliphatic carboxylic acids is 1. The first kappa shape index (κ1) is 19.4. The predicted octanol–water partition coefficient (Wildman–Crippen LogP) is 1.69. The van der Waals surface area contributed by atoms with Crippen molar-refractivity contribution in [3.63, 3.8) is 0 Å². The van der Waals surface area contributed by atoms with Crippen molar-refractivity contribution in [1.29, 1.82) is 0 Å². The largest absolute Gasteiger partial charge is 0.481 e. The van der Waals surface area contributed by atoms with Gasteiger partial charge in [-0.1, -0.05) is 27.2 Å². The maximum atomic E-state index is 11.6. The third-order valence-electron chi connectivity index (χ3n) is 2.94. The maximum absolute atomic E-state index is 11.6. The van der Waals surface area contributed by atoms with Crippen LogP contribution in [-0.2, 0) is 14.4 Å². The molecule has 3 N–H and O–H groups in total. The lowest BCUT2D eigenvalue weighted by Gasteiger charge is -2.17. The van der Waals surface area contributed by atoms with Crippen LogP contribution in [0.3, 0.4) is 0 Å². The average Bonchev–Trinajstić information content (AvgIpc) is 2.37. The van der Waals surface area contributed by atoms with E-state index in [4.69, 9.17) is 5.11 Å². The SMILES string of the molecule is CC(C)(C)C(=O)NCCCC(=O)NCCCCCC(=O)O. The fourth-order valence-corrected chi connectivity index (χ4v) is 1.61. The molecule has 0 fully saturated rings. The number of carboxylic acids is 1. The molecule has 0 heterocycles. The van der Waals surface area contributed by atoms with Crippen molar-refractivity contribution in [3.8, 4) is 0 Å². The third-order valence-corrected chi connectivity index (χ3v) is 2.94. The first-order chi connectivity index (χ1) is 9.73. The summed E-state index contributed by atoms with van der Waals surface area (Å²) in [6.07, 6.45) is 3.42. The summed E-state index contributed by atoms with van der Waals surface area (Å²) in [7, 11) is 0. The van der Waals surface area contributed by atoms with E-state index in [1.807, 2.05) is 20.8 Å². The number of rotatable bonds is 10. The molecular formula is C15H28N2O4. The Bertz CT molecular complexity index is 348. The summed E-state index contributed by atoms with van der Waals surface area (Å²) in [5, 5.41) is 14.1. The molecule has 0 aromatic rings. The van der Waals surface area contributed by atoms with Crippen molar-refractivity contribution in [2.75, 3.05) is 13.1 Å². The molecule has 0 rings (SSSR count). The van der Waals surface area contributed by atoms with Gasteiger partial charge in [0.15, 0.2) is 0 Å². The summed E-state index contributed by atoms with van der Waals surface area (Å²) in [4.78, 5) is 33.4. The summed E-state index contributed by atoms with van der Waals surface area (Å²) in [6.45, 7) is 6.62. The highest BCUT2D eigenvalue weighted by atomic mass is 16.4. The molecule has 21 heavy (non-hydrogen) atoms. The number of carbonyl (C=O) groups excluding carboxylic acids is 2. The molecule has 0 atom stereocenters. The monoisotopic (exact) mass is 300 g/mol. The molecule has 0 radical (unpaired) electrons. The summed E-state index contributed by atoms with van der Waals surface area (Å²) in [5.41, 5.74) is -0.405. The number of hydrogen-bond acceptors (Lipinski definition) is 3. The molecular weight excluding hydrogens is 272 g/mol. The Morgan fingerprint density at radius 3 is 2.05 bits per heavy atom. The van der Waals surface area contributed by atoms with Gasteiger partial charge in [0.25, 0.3) is 0 Å². The zero-order valence-electron chi connectivity index (χ0n) is 13.3. The molecule has 0 aliphatic carbocycles. The van der Waals surface area contributed by atoms with Crippen molar-refractivity contribution >= 4 is 17.8 Å². The fraction of sp³-hybridized carbons (Fsp3) is 0.800. The van der Waals surface area contributed by atoms with Crippen LogP contribution in [0.1, 0.15) is 59.3 Å². The lowest BCUT2D eigenvalue weighted by atomic mass is 9.96. The van der Waals surface area contributed by atoms with Crippen LogP contribution in [0.5, 0.6) is 0 Å². The lowest BCUT2D eigenvalue weighted by Crippen LogP contribution is -2.35. The zero-order chi connectivity index (χ0) is 16.3.